The molecular formula is C21H29N3O2. The van der Waals surface area contributed by atoms with Gasteiger partial charge in [-0.1, -0.05) is 32.9 Å². The Labute approximate surface area is 156 Å². The first kappa shape index (κ1) is 18.5. The number of piperidine rings is 1. The lowest BCUT2D eigenvalue weighted by Crippen LogP contribution is -2.43. The number of benzene rings is 1. The average molecular weight is 355 g/mol. The van der Waals surface area contributed by atoms with E-state index in [0.717, 1.165) is 43.9 Å². The number of rotatable bonds is 6. The van der Waals surface area contributed by atoms with Crippen molar-refractivity contribution in [1.29, 1.82) is 0 Å². The minimum atomic E-state index is 0.0582. The number of carbonyl (C=O) groups is 1. The van der Waals surface area contributed by atoms with Crippen LogP contribution in [0.2, 0.25) is 0 Å². The van der Waals surface area contributed by atoms with Crippen LogP contribution in [0.3, 0.4) is 0 Å². The smallest absolute Gasteiger partial charge is 0.260 e. The molecule has 0 radical (unpaired) electrons. The minimum Gasteiger partial charge on any atom is -0.484 e. The van der Waals surface area contributed by atoms with Gasteiger partial charge in [0.2, 0.25) is 0 Å². The summed E-state index contributed by atoms with van der Waals surface area (Å²) in [6, 6.07) is 8.32. The highest BCUT2D eigenvalue weighted by atomic mass is 16.5. The van der Waals surface area contributed by atoms with Gasteiger partial charge in [0.15, 0.2) is 6.61 Å². The second-order valence-electron chi connectivity index (χ2n) is 7.26. The highest BCUT2D eigenvalue weighted by Crippen LogP contribution is 2.24. The number of nitrogens with zero attached hydrogens (tertiary/aromatic N) is 3. The van der Waals surface area contributed by atoms with Crippen LogP contribution in [0.5, 0.6) is 5.75 Å². The van der Waals surface area contributed by atoms with Gasteiger partial charge in [-0.3, -0.25) is 4.79 Å². The van der Waals surface area contributed by atoms with E-state index >= 15 is 0 Å². The maximum Gasteiger partial charge on any atom is 0.260 e. The molecule has 0 aliphatic carbocycles. The second-order valence-corrected chi connectivity index (χ2v) is 7.26. The molecule has 140 valence electrons. The lowest BCUT2D eigenvalue weighted by Gasteiger charge is -2.34. The maximum atomic E-state index is 12.6. The fraction of sp³-hybridized carbons (Fsp3) is 0.524. The Morgan fingerprint density at radius 2 is 2.23 bits per heavy atom. The summed E-state index contributed by atoms with van der Waals surface area (Å²) in [6.07, 6.45) is 6.90. The molecule has 5 nitrogen and oxygen atoms in total. The van der Waals surface area contributed by atoms with Crippen LogP contribution < -0.4 is 4.74 Å². The van der Waals surface area contributed by atoms with Crippen molar-refractivity contribution in [2.24, 2.45) is 0 Å². The van der Waals surface area contributed by atoms with Gasteiger partial charge in [0.1, 0.15) is 11.6 Å². The topological polar surface area (TPSA) is 47.4 Å². The van der Waals surface area contributed by atoms with Gasteiger partial charge in [-0.05, 0) is 36.5 Å². The number of hydrogen-bond donors (Lipinski definition) is 0. The standard InChI is InChI=1S/C21H29N3O2/c1-4-20-22-10-12-24(20)18-8-6-11-23(14-18)21(25)15-26-19-9-5-7-17(13-19)16(2)3/h5,7,9-10,12-13,16,18H,4,6,8,11,14-15H2,1-3H3. The number of ether oxygens (including phenoxy) is 1. The maximum absolute atomic E-state index is 12.6. The Balaban J connectivity index is 1.58. The van der Waals surface area contributed by atoms with Crippen LogP contribution in [0.15, 0.2) is 36.7 Å². The highest BCUT2D eigenvalue weighted by molar-refractivity contribution is 5.77. The van der Waals surface area contributed by atoms with Crippen LogP contribution in [0, 0.1) is 0 Å². The Morgan fingerprint density at radius 3 is 3.00 bits per heavy atom. The molecule has 2 heterocycles. The van der Waals surface area contributed by atoms with E-state index in [-0.39, 0.29) is 12.5 Å². The molecule has 0 bridgehead atoms. The molecule has 1 atom stereocenters. The van der Waals surface area contributed by atoms with E-state index in [1.807, 2.05) is 35.5 Å². The average Bonchev–Trinajstić information content (AvgIpc) is 3.15. The summed E-state index contributed by atoms with van der Waals surface area (Å²) in [5.74, 6) is 2.36. The van der Waals surface area contributed by atoms with E-state index in [9.17, 15) is 4.79 Å². The molecular weight excluding hydrogens is 326 g/mol. The van der Waals surface area contributed by atoms with E-state index in [2.05, 4.69) is 36.4 Å². The number of aryl methyl sites for hydroxylation is 1. The van der Waals surface area contributed by atoms with Crippen LogP contribution >= 0.6 is 0 Å². The SMILES string of the molecule is CCc1nccn1C1CCCN(C(=O)COc2cccc(C(C)C)c2)C1. The Morgan fingerprint density at radius 1 is 1.38 bits per heavy atom. The van der Waals surface area contributed by atoms with Gasteiger partial charge in [0, 0.05) is 31.9 Å². The monoisotopic (exact) mass is 355 g/mol. The summed E-state index contributed by atoms with van der Waals surface area (Å²) in [5.41, 5.74) is 1.22. The largest absolute Gasteiger partial charge is 0.484 e. The third-order valence-electron chi connectivity index (χ3n) is 5.09. The van der Waals surface area contributed by atoms with E-state index in [1.165, 1.54) is 5.56 Å². The van der Waals surface area contributed by atoms with Crippen molar-refractivity contribution in [2.75, 3.05) is 19.7 Å². The predicted molar refractivity (Wildman–Crippen MR) is 102 cm³/mol. The Hall–Kier alpha value is -2.30. The van der Waals surface area contributed by atoms with E-state index < -0.39 is 0 Å². The first-order chi connectivity index (χ1) is 12.6. The lowest BCUT2D eigenvalue weighted by molar-refractivity contribution is -0.135. The zero-order chi connectivity index (χ0) is 18.5. The fourth-order valence-electron chi connectivity index (χ4n) is 3.56. The van der Waals surface area contributed by atoms with Crippen molar-refractivity contribution in [3.8, 4) is 5.75 Å². The van der Waals surface area contributed by atoms with Gasteiger partial charge in [-0.25, -0.2) is 4.98 Å². The first-order valence-electron chi connectivity index (χ1n) is 9.60. The summed E-state index contributed by atoms with van der Waals surface area (Å²) in [6.45, 7) is 8.05. The summed E-state index contributed by atoms with van der Waals surface area (Å²) in [7, 11) is 0. The minimum absolute atomic E-state index is 0.0582. The van der Waals surface area contributed by atoms with Gasteiger partial charge in [-0.2, -0.15) is 0 Å². The Kier molecular flexibility index (Phi) is 5.96. The van der Waals surface area contributed by atoms with Crippen molar-refractivity contribution < 1.29 is 9.53 Å². The van der Waals surface area contributed by atoms with Crippen molar-refractivity contribution >= 4 is 5.91 Å². The van der Waals surface area contributed by atoms with Gasteiger partial charge in [0.05, 0.1) is 6.04 Å². The van der Waals surface area contributed by atoms with E-state index in [1.54, 1.807) is 0 Å². The molecule has 0 spiro atoms. The zero-order valence-electron chi connectivity index (χ0n) is 16.0. The third kappa shape index (κ3) is 4.26. The molecule has 0 saturated carbocycles. The predicted octanol–water partition coefficient (Wildman–Crippen LogP) is 3.81. The number of imidazole rings is 1. The molecule has 2 aromatic rings. The van der Waals surface area contributed by atoms with Crippen molar-refractivity contribution in [3.05, 3.63) is 48.0 Å². The first-order valence-corrected chi connectivity index (χ1v) is 9.60. The molecule has 1 aromatic carbocycles. The Bertz CT molecular complexity index is 738. The highest BCUT2D eigenvalue weighted by Gasteiger charge is 2.25. The van der Waals surface area contributed by atoms with Crippen molar-refractivity contribution in [2.45, 2.75) is 52.0 Å². The molecule has 5 heteroatoms. The summed E-state index contributed by atoms with van der Waals surface area (Å²) < 4.78 is 8.00. The number of aromatic nitrogens is 2. The van der Waals surface area contributed by atoms with Crippen molar-refractivity contribution in [1.82, 2.24) is 14.5 Å². The summed E-state index contributed by atoms with van der Waals surface area (Å²) in [4.78, 5) is 19.0. The molecule has 1 fully saturated rings. The second kappa shape index (κ2) is 8.39. The quantitative estimate of drug-likeness (QED) is 0.791. The molecule has 1 unspecified atom stereocenters. The number of amides is 1. The van der Waals surface area contributed by atoms with Gasteiger partial charge in [-0.15, -0.1) is 0 Å². The van der Waals surface area contributed by atoms with Gasteiger partial charge >= 0.3 is 0 Å². The summed E-state index contributed by atoms with van der Waals surface area (Å²) >= 11 is 0. The van der Waals surface area contributed by atoms with Crippen LogP contribution in [-0.4, -0.2) is 40.1 Å². The van der Waals surface area contributed by atoms with Crippen LogP contribution in [0.1, 0.15) is 57.0 Å². The van der Waals surface area contributed by atoms with Gasteiger partial charge in [0.25, 0.3) is 5.91 Å². The fourth-order valence-corrected chi connectivity index (χ4v) is 3.56. The van der Waals surface area contributed by atoms with E-state index in [0.29, 0.717) is 12.0 Å². The van der Waals surface area contributed by atoms with Gasteiger partial charge < -0.3 is 14.2 Å². The molecule has 0 N–H and O–H groups in total. The third-order valence-corrected chi connectivity index (χ3v) is 5.09. The molecule has 1 aliphatic rings. The molecule has 26 heavy (non-hydrogen) atoms. The molecule has 1 aromatic heterocycles. The van der Waals surface area contributed by atoms with Crippen molar-refractivity contribution in [3.63, 3.8) is 0 Å². The molecule has 3 rings (SSSR count). The normalized spacial score (nSPS) is 17.5. The number of hydrogen-bond acceptors (Lipinski definition) is 3. The molecule has 1 amide bonds. The van der Waals surface area contributed by atoms with E-state index in [4.69, 9.17) is 4.74 Å². The van der Waals surface area contributed by atoms with Crippen LogP contribution in [0.4, 0.5) is 0 Å². The number of carbonyl (C=O) groups excluding carboxylic acids is 1. The van der Waals surface area contributed by atoms with Crippen LogP contribution in [0.25, 0.3) is 0 Å². The molecule has 1 saturated heterocycles. The summed E-state index contributed by atoms with van der Waals surface area (Å²) in [5, 5.41) is 0. The molecule has 1 aliphatic heterocycles. The van der Waals surface area contributed by atoms with Crippen LogP contribution in [-0.2, 0) is 11.2 Å². The zero-order valence-corrected chi connectivity index (χ0v) is 16.0. The lowest BCUT2D eigenvalue weighted by atomic mass is 10.0. The number of likely N-dealkylation sites (tertiary alicyclic amines) is 1.